The van der Waals surface area contributed by atoms with Gasteiger partial charge in [-0.15, -0.1) is 11.3 Å². The SMILES string of the molecule is Nc1c(C(=O)c2ccccc2)sc2nc(-c3ccccn3)ccc12. The van der Waals surface area contributed by atoms with Gasteiger partial charge in [0.05, 0.1) is 17.1 Å². The minimum absolute atomic E-state index is 0.0736. The Morgan fingerprint density at radius 3 is 2.46 bits per heavy atom. The van der Waals surface area contributed by atoms with E-state index in [1.165, 1.54) is 11.3 Å². The Morgan fingerprint density at radius 2 is 1.71 bits per heavy atom. The van der Waals surface area contributed by atoms with Crippen LogP contribution in [0.5, 0.6) is 0 Å². The Morgan fingerprint density at radius 1 is 0.917 bits per heavy atom. The highest BCUT2D eigenvalue weighted by atomic mass is 32.1. The summed E-state index contributed by atoms with van der Waals surface area (Å²) in [5, 5.41) is 0.805. The lowest BCUT2D eigenvalue weighted by molar-refractivity contribution is 0.104. The predicted octanol–water partition coefficient (Wildman–Crippen LogP) is 4.17. The summed E-state index contributed by atoms with van der Waals surface area (Å²) in [7, 11) is 0. The van der Waals surface area contributed by atoms with Gasteiger partial charge in [0.25, 0.3) is 0 Å². The summed E-state index contributed by atoms with van der Waals surface area (Å²) in [6, 6.07) is 18.6. The summed E-state index contributed by atoms with van der Waals surface area (Å²) < 4.78 is 0. The van der Waals surface area contributed by atoms with Crippen molar-refractivity contribution in [3.05, 3.63) is 77.3 Å². The smallest absolute Gasteiger partial charge is 0.205 e. The normalized spacial score (nSPS) is 10.8. The number of hydrogen-bond acceptors (Lipinski definition) is 5. The molecule has 0 unspecified atom stereocenters. The van der Waals surface area contributed by atoms with Crippen molar-refractivity contribution in [1.82, 2.24) is 9.97 Å². The van der Waals surface area contributed by atoms with Crippen LogP contribution in [0.25, 0.3) is 21.6 Å². The summed E-state index contributed by atoms with van der Waals surface area (Å²) in [4.78, 5) is 22.9. The number of fused-ring (bicyclic) bond motifs is 1. The first-order chi connectivity index (χ1) is 11.7. The van der Waals surface area contributed by atoms with Crippen LogP contribution in [0.1, 0.15) is 15.2 Å². The highest BCUT2D eigenvalue weighted by Gasteiger charge is 2.19. The van der Waals surface area contributed by atoms with Crippen molar-refractivity contribution in [2.75, 3.05) is 5.73 Å². The second kappa shape index (κ2) is 5.86. The molecule has 0 saturated heterocycles. The fourth-order valence-corrected chi connectivity index (χ4v) is 3.60. The number of pyridine rings is 2. The quantitative estimate of drug-likeness (QED) is 0.572. The molecule has 0 radical (unpaired) electrons. The molecule has 0 atom stereocenters. The summed E-state index contributed by atoms with van der Waals surface area (Å²) in [6.45, 7) is 0. The second-order valence-corrected chi connectivity index (χ2v) is 6.30. The van der Waals surface area contributed by atoms with Gasteiger partial charge in [-0.2, -0.15) is 0 Å². The third-order valence-corrected chi connectivity index (χ3v) is 4.88. The van der Waals surface area contributed by atoms with Crippen LogP contribution in [0.4, 0.5) is 5.69 Å². The zero-order valence-corrected chi connectivity index (χ0v) is 13.5. The Kier molecular flexibility index (Phi) is 3.55. The van der Waals surface area contributed by atoms with E-state index in [2.05, 4.69) is 9.97 Å². The molecular formula is C19H13N3OS. The molecule has 0 saturated carbocycles. The predicted molar refractivity (Wildman–Crippen MR) is 97.1 cm³/mol. The van der Waals surface area contributed by atoms with Gasteiger partial charge < -0.3 is 5.73 Å². The number of nitrogens with zero attached hydrogens (tertiary/aromatic N) is 2. The van der Waals surface area contributed by atoms with E-state index in [9.17, 15) is 4.79 Å². The lowest BCUT2D eigenvalue weighted by atomic mass is 10.1. The minimum Gasteiger partial charge on any atom is -0.397 e. The maximum Gasteiger partial charge on any atom is 0.205 e. The molecule has 0 spiro atoms. The molecule has 0 fully saturated rings. The summed E-state index contributed by atoms with van der Waals surface area (Å²) in [5.41, 5.74) is 8.88. The highest BCUT2D eigenvalue weighted by molar-refractivity contribution is 7.21. The van der Waals surface area contributed by atoms with Gasteiger partial charge in [0.1, 0.15) is 9.71 Å². The fourth-order valence-electron chi connectivity index (χ4n) is 2.54. The lowest BCUT2D eigenvalue weighted by Gasteiger charge is -2.00. The molecule has 0 bridgehead atoms. The number of thiophene rings is 1. The molecule has 2 N–H and O–H groups in total. The molecule has 3 heterocycles. The first-order valence-electron chi connectivity index (χ1n) is 7.44. The van der Waals surface area contributed by atoms with Crippen LogP contribution < -0.4 is 5.73 Å². The highest BCUT2D eigenvalue weighted by Crippen LogP contribution is 2.35. The van der Waals surface area contributed by atoms with Crippen molar-refractivity contribution in [2.45, 2.75) is 0 Å². The van der Waals surface area contributed by atoms with Crippen molar-refractivity contribution in [1.29, 1.82) is 0 Å². The number of benzene rings is 1. The molecule has 116 valence electrons. The van der Waals surface area contributed by atoms with Gasteiger partial charge in [0.15, 0.2) is 0 Å². The van der Waals surface area contributed by atoms with E-state index >= 15 is 0 Å². The molecule has 4 nitrogen and oxygen atoms in total. The minimum atomic E-state index is -0.0736. The molecule has 0 amide bonds. The molecular weight excluding hydrogens is 318 g/mol. The molecule has 24 heavy (non-hydrogen) atoms. The Balaban J connectivity index is 1.82. The number of nitrogen functional groups attached to an aromatic ring is 1. The summed E-state index contributed by atoms with van der Waals surface area (Å²) in [6.07, 6.45) is 1.73. The van der Waals surface area contributed by atoms with E-state index in [4.69, 9.17) is 5.73 Å². The lowest BCUT2D eigenvalue weighted by Crippen LogP contribution is -2.01. The molecule has 4 aromatic rings. The van der Waals surface area contributed by atoms with Gasteiger partial charge in [-0.1, -0.05) is 36.4 Å². The Labute approximate surface area is 142 Å². The zero-order chi connectivity index (χ0) is 16.5. The van der Waals surface area contributed by atoms with Crippen LogP contribution in [-0.4, -0.2) is 15.8 Å². The summed E-state index contributed by atoms with van der Waals surface area (Å²) in [5.74, 6) is -0.0736. The number of anilines is 1. The van der Waals surface area contributed by atoms with Crippen LogP contribution in [0, 0.1) is 0 Å². The molecule has 0 aliphatic rings. The number of ketones is 1. The number of nitrogens with two attached hydrogens (primary N) is 1. The van der Waals surface area contributed by atoms with Crippen LogP contribution in [-0.2, 0) is 0 Å². The first kappa shape index (κ1) is 14.5. The van der Waals surface area contributed by atoms with E-state index < -0.39 is 0 Å². The number of carbonyl (C=O) groups excluding carboxylic acids is 1. The third-order valence-electron chi connectivity index (χ3n) is 3.76. The molecule has 5 heteroatoms. The topological polar surface area (TPSA) is 68.9 Å². The average Bonchev–Trinajstić information content (AvgIpc) is 2.99. The molecule has 3 aromatic heterocycles. The van der Waals surface area contributed by atoms with Gasteiger partial charge in [0, 0.05) is 17.1 Å². The second-order valence-electron chi connectivity index (χ2n) is 5.30. The van der Waals surface area contributed by atoms with Crippen molar-refractivity contribution in [3.8, 4) is 11.4 Å². The van der Waals surface area contributed by atoms with E-state index in [0.29, 0.717) is 16.1 Å². The first-order valence-corrected chi connectivity index (χ1v) is 8.26. The number of hydrogen-bond donors (Lipinski definition) is 1. The number of rotatable bonds is 3. The largest absolute Gasteiger partial charge is 0.397 e. The van der Waals surface area contributed by atoms with Crippen molar-refractivity contribution in [3.63, 3.8) is 0 Å². The molecule has 0 aliphatic heterocycles. The molecule has 4 rings (SSSR count). The third kappa shape index (κ3) is 2.45. The van der Waals surface area contributed by atoms with Gasteiger partial charge in [-0.3, -0.25) is 9.78 Å². The van der Waals surface area contributed by atoms with E-state index in [1.807, 2.05) is 48.5 Å². The van der Waals surface area contributed by atoms with E-state index in [-0.39, 0.29) is 5.78 Å². The maximum atomic E-state index is 12.7. The molecule has 0 aliphatic carbocycles. The Bertz CT molecular complexity index is 1030. The van der Waals surface area contributed by atoms with Crippen LogP contribution in [0.2, 0.25) is 0 Å². The fraction of sp³-hybridized carbons (Fsp3) is 0. The number of carbonyl (C=O) groups is 1. The van der Waals surface area contributed by atoms with Crippen LogP contribution in [0.15, 0.2) is 66.9 Å². The van der Waals surface area contributed by atoms with Crippen molar-refractivity contribution < 1.29 is 4.79 Å². The molecule has 1 aromatic carbocycles. The zero-order valence-electron chi connectivity index (χ0n) is 12.6. The van der Waals surface area contributed by atoms with Crippen LogP contribution in [0.3, 0.4) is 0 Å². The van der Waals surface area contributed by atoms with Gasteiger partial charge in [0.2, 0.25) is 5.78 Å². The average molecular weight is 331 g/mol. The summed E-state index contributed by atoms with van der Waals surface area (Å²) >= 11 is 1.32. The number of aromatic nitrogens is 2. The maximum absolute atomic E-state index is 12.7. The van der Waals surface area contributed by atoms with Gasteiger partial charge >= 0.3 is 0 Å². The van der Waals surface area contributed by atoms with Crippen molar-refractivity contribution >= 4 is 33.0 Å². The Hall–Kier alpha value is -3.05. The van der Waals surface area contributed by atoms with E-state index in [1.54, 1.807) is 18.3 Å². The van der Waals surface area contributed by atoms with Gasteiger partial charge in [-0.05, 0) is 24.3 Å². The van der Waals surface area contributed by atoms with Crippen LogP contribution >= 0.6 is 11.3 Å². The van der Waals surface area contributed by atoms with Gasteiger partial charge in [-0.25, -0.2) is 4.98 Å². The standard InChI is InChI=1S/C19H13N3OS/c20-16-13-9-10-15(14-8-4-5-11-21-14)22-19(13)24-18(16)17(23)12-6-2-1-3-7-12/h1-11H,20H2. The van der Waals surface area contributed by atoms with E-state index in [0.717, 1.165) is 21.6 Å². The monoisotopic (exact) mass is 331 g/mol. The van der Waals surface area contributed by atoms with Crippen molar-refractivity contribution in [2.24, 2.45) is 0 Å².